The Balaban J connectivity index is 1.78. The van der Waals surface area contributed by atoms with E-state index in [1.54, 1.807) is 18.2 Å². The number of aromatic hydroxyl groups is 1. The van der Waals surface area contributed by atoms with Crippen molar-refractivity contribution in [3.8, 4) is 16.9 Å². The van der Waals surface area contributed by atoms with Gasteiger partial charge in [-0.15, -0.1) is 0 Å². The minimum atomic E-state index is -0.468. The SMILES string of the molecule is CCCCC(c1ccc(-c2ccc(Br)cc2)cc1)c1c(O)c2ccccc2oc1=O. The third-order valence-corrected chi connectivity index (χ3v) is 6.03. The largest absolute Gasteiger partial charge is 0.507 e. The van der Waals surface area contributed by atoms with Gasteiger partial charge in [-0.3, -0.25) is 0 Å². The van der Waals surface area contributed by atoms with Crippen LogP contribution in [0.5, 0.6) is 5.75 Å². The summed E-state index contributed by atoms with van der Waals surface area (Å²) in [6.07, 6.45) is 2.72. The standard InChI is InChI=1S/C26H23BrO3/c1-2-3-6-21(24-25(28)22-7-4-5-8-23(22)30-26(24)29)19-11-9-17(10-12-19)18-13-15-20(27)16-14-18/h4-5,7-16,21,28H,2-3,6H2,1H3. The maximum atomic E-state index is 12.8. The van der Waals surface area contributed by atoms with Gasteiger partial charge in [0.2, 0.25) is 0 Å². The Kier molecular flexibility index (Phi) is 6.05. The van der Waals surface area contributed by atoms with Gasteiger partial charge in [0, 0.05) is 10.4 Å². The average molecular weight is 463 g/mol. The highest BCUT2D eigenvalue weighted by Crippen LogP contribution is 2.37. The molecule has 0 bridgehead atoms. The Morgan fingerprint density at radius 3 is 2.23 bits per heavy atom. The monoisotopic (exact) mass is 462 g/mol. The van der Waals surface area contributed by atoms with Crippen LogP contribution in [0.4, 0.5) is 0 Å². The summed E-state index contributed by atoms with van der Waals surface area (Å²) in [5, 5.41) is 11.5. The fraction of sp³-hybridized carbons (Fsp3) is 0.192. The van der Waals surface area contributed by atoms with Gasteiger partial charge in [-0.2, -0.15) is 0 Å². The highest BCUT2D eigenvalue weighted by Gasteiger charge is 2.24. The van der Waals surface area contributed by atoms with Gasteiger partial charge in [-0.05, 0) is 47.4 Å². The molecule has 0 saturated heterocycles. The number of unbranched alkanes of at least 4 members (excludes halogenated alkanes) is 1. The van der Waals surface area contributed by atoms with Crippen molar-refractivity contribution in [1.29, 1.82) is 0 Å². The van der Waals surface area contributed by atoms with Crippen LogP contribution in [0.15, 0.2) is 86.5 Å². The van der Waals surface area contributed by atoms with Crippen LogP contribution >= 0.6 is 15.9 Å². The second-order valence-corrected chi connectivity index (χ2v) is 8.39. The molecule has 30 heavy (non-hydrogen) atoms. The van der Waals surface area contributed by atoms with Crippen molar-refractivity contribution >= 4 is 26.9 Å². The second kappa shape index (κ2) is 8.88. The summed E-state index contributed by atoms with van der Waals surface area (Å²) in [6.45, 7) is 2.12. The van der Waals surface area contributed by atoms with Crippen LogP contribution in [0.1, 0.15) is 43.2 Å². The summed E-state index contributed by atoms with van der Waals surface area (Å²) < 4.78 is 6.58. The van der Waals surface area contributed by atoms with Gasteiger partial charge < -0.3 is 9.52 Å². The van der Waals surface area contributed by atoms with Gasteiger partial charge in [0.05, 0.1) is 10.9 Å². The summed E-state index contributed by atoms with van der Waals surface area (Å²) in [5.74, 6) is -0.190. The van der Waals surface area contributed by atoms with E-state index in [4.69, 9.17) is 4.42 Å². The summed E-state index contributed by atoms with van der Waals surface area (Å²) in [7, 11) is 0. The molecule has 1 atom stereocenters. The molecule has 0 aliphatic rings. The molecule has 1 N–H and O–H groups in total. The minimum absolute atomic E-state index is 0.0277. The number of benzene rings is 3. The highest BCUT2D eigenvalue weighted by atomic mass is 79.9. The van der Waals surface area contributed by atoms with E-state index in [0.717, 1.165) is 40.4 Å². The van der Waals surface area contributed by atoms with E-state index in [0.29, 0.717) is 16.5 Å². The van der Waals surface area contributed by atoms with Crippen LogP contribution < -0.4 is 5.63 Å². The van der Waals surface area contributed by atoms with E-state index in [1.165, 1.54) is 0 Å². The summed E-state index contributed by atoms with van der Waals surface area (Å²) in [5.41, 5.74) is 3.52. The van der Waals surface area contributed by atoms with E-state index in [-0.39, 0.29) is 11.7 Å². The lowest BCUT2D eigenvalue weighted by atomic mass is 9.86. The second-order valence-electron chi connectivity index (χ2n) is 7.47. The maximum Gasteiger partial charge on any atom is 0.343 e. The van der Waals surface area contributed by atoms with Crippen LogP contribution in [0, 0.1) is 0 Å². The molecule has 4 heteroatoms. The summed E-state index contributed by atoms with van der Waals surface area (Å²) in [6, 6.07) is 23.5. The van der Waals surface area contributed by atoms with Crippen molar-refractivity contribution < 1.29 is 9.52 Å². The first-order chi connectivity index (χ1) is 14.6. The Morgan fingerprint density at radius 1 is 0.933 bits per heavy atom. The summed E-state index contributed by atoms with van der Waals surface area (Å²) >= 11 is 3.47. The molecule has 3 nitrogen and oxygen atoms in total. The lowest BCUT2D eigenvalue weighted by Gasteiger charge is -2.19. The Labute approximate surface area is 184 Å². The third-order valence-electron chi connectivity index (χ3n) is 5.51. The number of rotatable bonds is 6. The number of hydrogen-bond donors (Lipinski definition) is 1. The van der Waals surface area contributed by atoms with E-state index in [1.807, 2.05) is 30.3 Å². The molecule has 4 aromatic rings. The van der Waals surface area contributed by atoms with Gasteiger partial charge in [0.25, 0.3) is 0 Å². The third kappa shape index (κ3) is 4.05. The number of hydrogen-bond acceptors (Lipinski definition) is 3. The van der Waals surface area contributed by atoms with Gasteiger partial charge >= 0.3 is 5.63 Å². The highest BCUT2D eigenvalue weighted by molar-refractivity contribution is 9.10. The predicted molar refractivity (Wildman–Crippen MR) is 125 cm³/mol. The van der Waals surface area contributed by atoms with Gasteiger partial charge in [0.1, 0.15) is 11.3 Å². The molecule has 152 valence electrons. The van der Waals surface area contributed by atoms with Crippen molar-refractivity contribution in [2.75, 3.05) is 0 Å². The van der Waals surface area contributed by atoms with E-state index in [9.17, 15) is 9.90 Å². The summed E-state index contributed by atoms with van der Waals surface area (Å²) in [4.78, 5) is 12.8. The van der Waals surface area contributed by atoms with Crippen LogP contribution in [0.25, 0.3) is 22.1 Å². The van der Waals surface area contributed by atoms with E-state index < -0.39 is 5.63 Å². The van der Waals surface area contributed by atoms with Crippen LogP contribution in [0.3, 0.4) is 0 Å². The minimum Gasteiger partial charge on any atom is -0.507 e. The molecule has 0 amide bonds. The van der Waals surface area contributed by atoms with Crippen molar-refractivity contribution in [2.45, 2.75) is 32.1 Å². The van der Waals surface area contributed by atoms with Crippen molar-refractivity contribution in [2.24, 2.45) is 0 Å². The quantitative estimate of drug-likeness (QED) is 0.307. The smallest absolute Gasteiger partial charge is 0.343 e. The molecule has 0 saturated carbocycles. The molecule has 0 spiro atoms. The lowest BCUT2D eigenvalue weighted by molar-refractivity contribution is 0.447. The Bertz CT molecular complexity index is 1210. The molecule has 0 aliphatic carbocycles. The lowest BCUT2D eigenvalue weighted by Crippen LogP contribution is -2.14. The van der Waals surface area contributed by atoms with Crippen LogP contribution in [-0.2, 0) is 0 Å². The van der Waals surface area contributed by atoms with Crippen molar-refractivity contribution in [3.63, 3.8) is 0 Å². The topological polar surface area (TPSA) is 50.4 Å². The fourth-order valence-electron chi connectivity index (χ4n) is 3.89. The molecular formula is C26H23BrO3. The molecule has 1 heterocycles. The first-order valence-corrected chi connectivity index (χ1v) is 11.0. The molecule has 1 aromatic heterocycles. The van der Waals surface area contributed by atoms with Gasteiger partial charge in [0.15, 0.2) is 0 Å². The number of halogens is 1. The van der Waals surface area contributed by atoms with Crippen LogP contribution in [0.2, 0.25) is 0 Å². The first-order valence-electron chi connectivity index (χ1n) is 10.2. The zero-order valence-corrected chi connectivity index (χ0v) is 18.4. The normalized spacial score (nSPS) is 12.2. The van der Waals surface area contributed by atoms with Crippen LogP contribution in [-0.4, -0.2) is 5.11 Å². The fourth-order valence-corrected chi connectivity index (χ4v) is 4.16. The Morgan fingerprint density at radius 2 is 1.57 bits per heavy atom. The molecule has 3 aromatic carbocycles. The molecule has 1 unspecified atom stereocenters. The zero-order chi connectivity index (χ0) is 21.1. The Hall–Kier alpha value is -2.85. The molecule has 0 aliphatic heterocycles. The average Bonchev–Trinajstić information content (AvgIpc) is 2.77. The number of fused-ring (bicyclic) bond motifs is 1. The molecule has 4 rings (SSSR count). The zero-order valence-electron chi connectivity index (χ0n) is 16.8. The van der Waals surface area contributed by atoms with Crippen molar-refractivity contribution in [1.82, 2.24) is 0 Å². The maximum absolute atomic E-state index is 12.8. The van der Waals surface area contributed by atoms with E-state index in [2.05, 4.69) is 47.1 Å². The van der Waals surface area contributed by atoms with Gasteiger partial charge in [-0.1, -0.05) is 84.2 Å². The number of para-hydroxylation sites is 1. The molecule has 0 fully saturated rings. The molecule has 0 radical (unpaired) electrons. The molecular weight excluding hydrogens is 440 g/mol. The predicted octanol–water partition coefficient (Wildman–Crippen LogP) is 7.25. The van der Waals surface area contributed by atoms with Gasteiger partial charge in [-0.25, -0.2) is 4.79 Å². The van der Waals surface area contributed by atoms with Crippen molar-refractivity contribution in [3.05, 3.63) is 98.8 Å². The first kappa shape index (κ1) is 20.4. The van der Waals surface area contributed by atoms with E-state index >= 15 is 0 Å².